The maximum absolute atomic E-state index is 13.5. The van der Waals surface area contributed by atoms with E-state index in [1.165, 1.54) is 0 Å². The van der Waals surface area contributed by atoms with E-state index in [4.69, 9.17) is 27.9 Å². The summed E-state index contributed by atoms with van der Waals surface area (Å²) in [6.45, 7) is 0.219. The quantitative estimate of drug-likeness (QED) is 0.468. The summed E-state index contributed by atoms with van der Waals surface area (Å²) in [4.78, 5) is 28.1. The van der Waals surface area contributed by atoms with Crippen LogP contribution in [0.3, 0.4) is 0 Å². The van der Waals surface area contributed by atoms with E-state index in [2.05, 4.69) is 5.32 Å². The van der Waals surface area contributed by atoms with Crippen molar-refractivity contribution in [1.82, 2.24) is 10.2 Å². The molecule has 5 nitrogen and oxygen atoms in total. The molecule has 0 aromatic heterocycles. The lowest BCUT2D eigenvalue weighted by Gasteiger charge is -2.31. The van der Waals surface area contributed by atoms with Gasteiger partial charge >= 0.3 is 0 Å². The summed E-state index contributed by atoms with van der Waals surface area (Å²) in [6, 6.07) is 21.5. The number of nitrogens with zero attached hydrogens (tertiary/aromatic N) is 1. The fraction of sp³-hybridized carbons (Fsp3) is 0.231. The molecule has 3 aromatic carbocycles. The topological polar surface area (TPSA) is 58.6 Å². The first kappa shape index (κ1) is 24.6. The third-order valence-electron chi connectivity index (χ3n) is 5.37. The van der Waals surface area contributed by atoms with Crippen molar-refractivity contribution in [1.29, 1.82) is 0 Å². The van der Waals surface area contributed by atoms with Crippen LogP contribution in [0.2, 0.25) is 10.0 Å². The number of carbonyl (C=O) groups is 2. The van der Waals surface area contributed by atoms with Crippen molar-refractivity contribution in [2.24, 2.45) is 0 Å². The summed E-state index contributed by atoms with van der Waals surface area (Å²) in [6.07, 6.45) is 0.532. The molecule has 7 heteroatoms. The van der Waals surface area contributed by atoms with Crippen molar-refractivity contribution >= 4 is 35.0 Å². The maximum atomic E-state index is 13.5. The summed E-state index contributed by atoms with van der Waals surface area (Å²) in [5.41, 5.74) is 2.58. The monoisotopic (exact) mass is 484 g/mol. The molecule has 0 aliphatic carbocycles. The fourth-order valence-corrected chi connectivity index (χ4v) is 3.90. The van der Waals surface area contributed by atoms with Crippen molar-refractivity contribution in [2.75, 3.05) is 14.2 Å². The van der Waals surface area contributed by atoms with Gasteiger partial charge in [0.15, 0.2) is 0 Å². The van der Waals surface area contributed by atoms with E-state index >= 15 is 0 Å². The van der Waals surface area contributed by atoms with E-state index in [1.54, 1.807) is 31.2 Å². The third-order valence-corrected chi connectivity index (χ3v) is 6.11. The summed E-state index contributed by atoms with van der Waals surface area (Å²) in [5, 5.41) is 3.54. The van der Waals surface area contributed by atoms with Crippen LogP contribution >= 0.6 is 23.2 Å². The van der Waals surface area contributed by atoms with Gasteiger partial charge in [0.1, 0.15) is 11.8 Å². The van der Waals surface area contributed by atoms with Gasteiger partial charge in [0, 0.05) is 20.0 Å². The molecule has 0 spiro atoms. The Hall–Kier alpha value is -3.02. The van der Waals surface area contributed by atoms with Gasteiger partial charge in [-0.1, -0.05) is 71.7 Å². The molecule has 0 aliphatic rings. The number of nitrogens with one attached hydrogen (secondary N) is 1. The summed E-state index contributed by atoms with van der Waals surface area (Å²) >= 11 is 12.3. The van der Waals surface area contributed by atoms with Gasteiger partial charge in [0.05, 0.1) is 23.6 Å². The Kier molecular flexibility index (Phi) is 8.75. The molecule has 3 aromatic rings. The second-order valence-corrected chi connectivity index (χ2v) is 8.43. The fourth-order valence-electron chi connectivity index (χ4n) is 3.57. The van der Waals surface area contributed by atoms with Crippen molar-refractivity contribution in [3.05, 3.63) is 99.5 Å². The molecule has 0 bridgehead atoms. The Morgan fingerprint density at radius 3 is 2.18 bits per heavy atom. The van der Waals surface area contributed by atoms with Crippen LogP contribution in [-0.2, 0) is 29.0 Å². The molecule has 0 saturated heterocycles. The van der Waals surface area contributed by atoms with Crippen LogP contribution in [0.25, 0.3) is 0 Å². The van der Waals surface area contributed by atoms with Crippen LogP contribution in [0.15, 0.2) is 72.8 Å². The normalized spacial score (nSPS) is 11.5. The average molecular weight is 485 g/mol. The van der Waals surface area contributed by atoms with Gasteiger partial charge in [0.2, 0.25) is 11.8 Å². The lowest BCUT2D eigenvalue weighted by molar-refractivity contribution is -0.140. The number of benzene rings is 3. The highest BCUT2D eigenvalue weighted by Gasteiger charge is 2.30. The number of likely N-dealkylation sites (N-methyl/N-ethyl adjacent to an activating group) is 1. The molecule has 0 heterocycles. The first-order valence-corrected chi connectivity index (χ1v) is 11.3. The summed E-state index contributed by atoms with van der Waals surface area (Å²) in [5.74, 6) is 0.309. The molecule has 3 rings (SSSR count). The highest BCUT2D eigenvalue weighted by molar-refractivity contribution is 6.42. The van der Waals surface area contributed by atoms with Crippen LogP contribution in [0.1, 0.15) is 16.7 Å². The number of amides is 2. The largest absolute Gasteiger partial charge is 0.497 e. The van der Waals surface area contributed by atoms with Gasteiger partial charge in [-0.3, -0.25) is 9.59 Å². The first-order chi connectivity index (χ1) is 15.9. The number of hydrogen-bond donors (Lipinski definition) is 1. The predicted molar refractivity (Wildman–Crippen MR) is 132 cm³/mol. The minimum atomic E-state index is -0.697. The van der Waals surface area contributed by atoms with Crippen LogP contribution in [0.5, 0.6) is 5.75 Å². The van der Waals surface area contributed by atoms with Crippen molar-refractivity contribution < 1.29 is 14.3 Å². The van der Waals surface area contributed by atoms with Crippen LogP contribution < -0.4 is 10.1 Å². The second-order valence-electron chi connectivity index (χ2n) is 7.61. The molecule has 0 radical (unpaired) electrons. The van der Waals surface area contributed by atoms with E-state index < -0.39 is 6.04 Å². The van der Waals surface area contributed by atoms with Crippen LogP contribution in [-0.4, -0.2) is 36.9 Å². The number of carbonyl (C=O) groups excluding carboxylic acids is 2. The van der Waals surface area contributed by atoms with Crippen LogP contribution in [0, 0.1) is 0 Å². The van der Waals surface area contributed by atoms with E-state index in [9.17, 15) is 9.59 Å². The smallest absolute Gasteiger partial charge is 0.242 e. The zero-order valence-corrected chi connectivity index (χ0v) is 20.1. The highest BCUT2D eigenvalue weighted by atomic mass is 35.5. The van der Waals surface area contributed by atoms with Gasteiger partial charge in [-0.25, -0.2) is 0 Å². The van der Waals surface area contributed by atoms with Crippen molar-refractivity contribution in [3.8, 4) is 5.75 Å². The molecule has 2 amide bonds. The summed E-state index contributed by atoms with van der Waals surface area (Å²) in [7, 11) is 3.17. The Bertz CT molecular complexity index is 1090. The number of halogens is 2. The predicted octanol–water partition coefficient (Wildman–Crippen LogP) is 4.93. The van der Waals surface area contributed by atoms with E-state index in [0.717, 1.165) is 16.7 Å². The number of ether oxygens (including phenoxy) is 1. The van der Waals surface area contributed by atoms with Gasteiger partial charge in [0.25, 0.3) is 0 Å². The molecule has 0 aliphatic heterocycles. The molecular weight excluding hydrogens is 459 g/mol. The molecule has 33 heavy (non-hydrogen) atoms. The number of hydrogen-bond acceptors (Lipinski definition) is 3. The molecule has 172 valence electrons. The van der Waals surface area contributed by atoms with Crippen LogP contribution in [0.4, 0.5) is 0 Å². The lowest BCUT2D eigenvalue weighted by Crippen LogP contribution is -2.50. The van der Waals surface area contributed by atoms with Gasteiger partial charge in [-0.05, 0) is 41.0 Å². The molecule has 0 fully saturated rings. The molecular formula is C26H26Cl2N2O3. The zero-order valence-electron chi connectivity index (χ0n) is 18.6. The van der Waals surface area contributed by atoms with Crippen molar-refractivity contribution in [3.63, 3.8) is 0 Å². The van der Waals surface area contributed by atoms with Gasteiger partial charge in [-0.15, -0.1) is 0 Å². The highest BCUT2D eigenvalue weighted by Crippen LogP contribution is 2.25. The summed E-state index contributed by atoms with van der Waals surface area (Å²) < 4.78 is 5.20. The SMILES string of the molecule is CNC(=O)[C@H](Cc1ccccc1)N(Cc1ccc(Cl)c(Cl)c1)C(=O)Cc1ccc(OC)cc1. The number of rotatable bonds is 9. The van der Waals surface area contributed by atoms with E-state index in [1.807, 2.05) is 60.7 Å². The Labute approximate surface area is 204 Å². The number of methoxy groups -OCH3 is 1. The maximum Gasteiger partial charge on any atom is 0.242 e. The van der Waals surface area contributed by atoms with E-state index in [0.29, 0.717) is 22.2 Å². The minimum Gasteiger partial charge on any atom is -0.497 e. The Morgan fingerprint density at radius 1 is 0.909 bits per heavy atom. The Balaban J connectivity index is 1.93. The molecule has 1 N–H and O–H groups in total. The van der Waals surface area contributed by atoms with Crippen molar-refractivity contribution in [2.45, 2.75) is 25.4 Å². The molecule has 0 saturated carbocycles. The Morgan fingerprint density at radius 2 is 1.58 bits per heavy atom. The standard InChI is InChI=1S/C26H26Cl2N2O3/c1-29-26(32)24(15-18-6-4-3-5-7-18)30(17-20-10-13-22(27)23(28)14-20)25(31)16-19-8-11-21(33-2)12-9-19/h3-14,24H,15-17H2,1-2H3,(H,29,32)/t24-/m0/s1. The molecule has 1 atom stereocenters. The molecule has 0 unspecified atom stereocenters. The first-order valence-electron chi connectivity index (χ1n) is 10.5. The van der Waals surface area contributed by atoms with Gasteiger partial charge < -0.3 is 15.0 Å². The second kappa shape index (κ2) is 11.7. The third kappa shape index (κ3) is 6.73. The lowest BCUT2D eigenvalue weighted by atomic mass is 10.0. The minimum absolute atomic E-state index is 0.146. The average Bonchev–Trinajstić information content (AvgIpc) is 2.84. The van der Waals surface area contributed by atoms with Gasteiger partial charge in [-0.2, -0.15) is 0 Å². The zero-order chi connectivity index (χ0) is 23.8. The van der Waals surface area contributed by atoms with E-state index in [-0.39, 0.29) is 24.8 Å².